The van der Waals surface area contributed by atoms with Crippen molar-refractivity contribution in [2.45, 2.75) is 19.4 Å². The summed E-state index contributed by atoms with van der Waals surface area (Å²) in [6.45, 7) is 8.39. The first kappa shape index (κ1) is 21.0. The highest BCUT2D eigenvalue weighted by Crippen LogP contribution is 2.28. The third-order valence-corrected chi connectivity index (χ3v) is 4.68. The molecule has 7 heteroatoms. The van der Waals surface area contributed by atoms with Crippen LogP contribution in [-0.4, -0.2) is 70.5 Å². The van der Waals surface area contributed by atoms with Gasteiger partial charge in [0.1, 0.15) is 0 Å². The third-order valence-electron chi connectivity index (χ3n) is 4.33. The minimum atomic E-state index is 0.141. The Kier molecular flexibility index (Phi) is 9.77. The Hall–Kier alpha value is -1.34. The van der Waals surface area contributed by atoms with Crippen LogP contribution >= 0.6 is 11.6 Å². The van der Waals surface area contributed by atoms with Gasteiger partial charge in [-0.3, -0.25) is 9.89 Å². The topological polar surface area (TPSA) is 58.1 Å². The minimum absolute atomic E-state index is 0.141. The van der Waals surface area contributed by atoms with Crippen molar-refractivity contribution in [1.82, 2.24) is 15.5 Å². The molecule has 1 fully saturated rings. The van der Waals surface area contributed by atoms with Crippen LogP contribution in [0, 0.1) is 0 Å². The minimum Gasteiger partial charge on any atom is -0.385 e. The van der Waals surface area contributed by atoms with Gasteiger partial charge in [-0.25, -0.2) is 0 Å². The fourth-order valence-electron chi connectivity index (χ4n) is 2.99. The summed E-state index contributed by atoms with van der Waals surface area (Å²) in [7, 11) is 1.72. The first-order chi connectivity index (χ1) is 12.8. The van der Waals surface area contributed by atoms with Crippen LogP contribution in [0.3, 0.4) is 0 Å². The number of morpholine rings is 1. The van der Waals surface area contributed by atoms with E-state index in [1.54, 1.807) is 7.11 Å². The Labute approximate surface area is 161 Å². The number of rotatable bonds is 9. The molecule has 26 heavy (non-hydrogen) atoms. The van der Waals surface area contributed by atoms with Crippen molar-refractivity contribution in [3.63, 3.8) is 0 Å². The maximum atomic E-state index is 6.48. The van der Waals surface area contributed by atoms with E-state index in [9.17, 15) is 0 Å². The Morgan fingerprint density at radius 1 is 1.31 bits per heavy atom. The van der Waals surface area contributed by atoms with E-state index in [0.717, 1.165) is 69.0 Å². The molecule has 1 atom stereocenters. The first-order valence-corrected chi connectivity index (χ1v) is 9.71. The van der Waals surface area contributed by atoms with Gasteiger partial charge in [0.15, 0.2) is 5.96 Å². The Balaban J connectivity index is 2.09. The molecule has 1 aromatic carbocycles. The van der Waals surface area contributed by atoms with Crippen LogP contribution in [-0.2, 0) is 9.47 Å². The van der Waals surface area contributed by atoms with Gasteiger partial charge in [0.05, 0.1) is 25.8 Å². The lowest BCUT2D eigenvalue weighted by Gasteiger charge is -2.34. The number of nitrogens with zero attached hydrogens (tertiary/aromatic N) is 2. The van der Waals surface area contributed by atoms with Crippen LogP contribution < -0.4 is 10.6 Å². The summed E-state index contributed by atoms with van der Waals surface area (Å²) >= 11 is 6.48. The zero-order valence-electron chi connectivity index (χ0n) is 15.8. The predicted molar refractivity (Wildman–Crippen MR) is 107 cm³/mol. The van der Waals surface area contributed by atoms with Gasteiger partial charge < -0.3 is 20.1 Å². The summed E-state index contributed by atoms with van der Waals surface area (Å²) in [5, 5.41) is 7.46. The van der Waals surface area contributed by atoms with Gasteiger partial charge in [0.25, 0.3) is 0 Å². The smallest absolute Gasteiger partial charge is 0.191 e. The molecule has 1 aliphatic rings. The number of halogens is 1. The van der Waals surface area contributed by atoms with Crippen molar-refractivity contribution in [3.8, 4) is 0 Å². The molecule has 0 bridgehead atoms. The average molecular weight is 383 g/mol. The maximum absolute atomic E-state index is 6.48. The molecule has 1 saturated heterocycles. The van der Waals surface area contributed by atoms with Crippen molar-refractivity contribution >= 4 is 17.6 Å². The van der Waals surface area contributed by atoms with Crippen molar-refractivity contribution in [1.29, 1.82) is 0 Å². The van der Waals surface area contributed by atoms with E-state index in [2.05, 4.69) is 28.5 Å². The lowest BCUT2D eigenvalue weighted by atomic mass is 10.0. The molecule has 1 heterocycles. The van der Waals surface area contributed by atoms with Gasteiger partial charge in [0.2, 0.25) is 0 Å². The SMILES string of the molecule is CCNC(=NCC(c1ccccc1Cl)N1CCOCC1)NCCCOC. The second kappa shape index (κ2) is 12.1. The van der Waals surface area contributed by atoms with Crippen molar-refractivity contribution < 1.29 is 9.47 Å². The highest BCUT2D eigenvalue weighted by molar-refractivity contribution is 6.31. The number of methoxy groups -OCH3 is 1. The maximum Gasteiger partial charge on any atom is 0.191 e. The highest BCUT2D eigenvalue weighted by atomic mass is 35.5. The number of benzene rings is 1. The normalized spacial score (nSPS) is 17.1. The predicted octanol–water partition coefficient (Wildman–Crippen LogP) is 2.30. The molecular weight excluding hydrogens is 352 g/mol. The fourth-order valence-corrected chi connectivity index (χ4v) is 3.25. The van der Waals surface area contributed by atoms with Crippen LogP contribution in [0.25, 0.3) is 0 Å². The molecule has 146 valence electrons. The van der Waals surface area contributed by atoms with Crippen LogP contribution in [0.2, 0.25) is 5.02 Å². The van der Waals surface area contributed by atoms with Crippen LogP contribution in [0.1, 0.15) is 24.9 Å². The van der Waals surface area contributed by atoms with E-state index < -0.39 is 0 Å². The summed E-state index contributed by atoms with van der Waals surface area (Å²) < 4.78 is 10.6. The molecule has 6 nitrogen and oxygen atoms in total. The van der Waals surface area contributed by atoms with E-state index >= 15 is 0 Å². The van der Waals surface area contributed by atoms with Gasteiger partial charge in [0, 0.05) is 44.9 Å². The summed E-state index contributed by atoms with van der Waals surface area (Å²) in [4.78, 5) is 7.22. The lowest BCUT2D eigenvalue weighted by Crippen LogP contribution is -2.42. The molecule has 1 unspecified atom stereocenters. The molecule has 2 N–H and O–H groups in total. The Bertz CT molecular complexity index is 550. The van der Waals surface area contributed by atoms with Gasteiger partial charge in [-0.1, -0.05) is 29.8 Å². The summed E-state index contributed by atoms with van der Waals surface area (Å²) in [6, 6.07) is 8.18. The van der Waals surface area contributed by atoms with E-state index in [4.69, 9.17) is 26.1 Å². The van der Waals surface area contributed by atoms with Crippen molar-refractivity contribution in [2.75, 3.05) is 59.7 Å². The van der Waals surface area contributed by atoms with E-state index in [-0.39, 0.29) is 6.04 Å². The Morgan fingerprint density at radius 2 is 2.08 bits per heavy atom. The molecule has 0 aromatic heterocycles. The summed E-state index contributed by atoms with van der Waals surface area (Å²) in [6.07, 6.45) is 0.943. The summed E-state index contributed by atoms with van der Waals surface area (Å²) in [5.74, 6) is 0.828. The van der Waals surface area contributed by atoms with E-state index in [0.29, 0.717) is 6.54 Å². The molecule has 0 spiro atoms. The number of hydrogen-bond acceptors (Lipinski definition) is 4. The standard InChI is InChI=1S/C19H31ClN4O2/c1-3-21-19(22-9-6-12-25-2)23-15-18(24-10-13-26-14-11-24)16-7-4-5-8-17(16)20/h4-5,7-8,18H,3,6,9-15H2,1-2H3,(H2,21,22,23). The van der Waals surface area contributed by atoms with Gasteiger partial charge >= 0.3 is 0 Å². The zero-order chi connectivity index (χ0) is 18.6. The number of aliphatic imine (C=N–C) groups is 1. The van der Waals surface area contributed by atoms with E-state index in [1.807, 2.05) is 18.2 Å². The van der Waals surface area contributed by atoms with Gasteiger partial charge in [-0.05, 0) is 25.0 Å². The molecule has 0 radical (unpaired) electrons. The van der Waals surface area contributed by atoms with Crippen molar-refractivity contribution in [3.05, 3.63) is 34.9 Å². The second-order valence-electron chi connectivity index (χ2n) is 6.18. The quantitative estimate of drug-likeness (QED) is 0.390. The second-order valence-corrected chi connectivity index (χ2v) is 6.59. The molecule has 0 amide bonds. The highest BCUT2D eigenvalue weighted by Gasteiger charge is 2.24. The molecular formula is C19H31ClN4O2. The third kappa shape index (κ3) is 6.76. The first-order valence-electron chi connectivity index (χ1n) is 9.33. The van der Waals surface area contributed by atoms with Crippen LogP contribution in [0.5, 0.6) is 0 Å². The lowest BCUT2D eigenvalue weighted by molar-refractivity contribution is 0.0180. The van der Waals surface area contributed by atoms with Gasteiger partial charge in [-0.2, -0.15) is 0 Å². The molecule has 1 aromatic rings. The number of nitrogens with one attached hydrogen (secondary N) is 2. The number of hydrogen-bond donors (Lipinski definition) is 2. The van der Waals surface area contributed by atoms with Crippen LogP contribution in [0.15, 0.2) is 29.3 Å². The molecule has 1 aliphatic heterocycles. The molecule has 0 saturated carbocycles. The van der Waals surface area contributed by atoms with Gasteiger partial charge in [-0.15, -0.1) is 0 Å². The number of ether oxygens (including phenoxy) is 2. The Morgan fingerprint density at radius 3 is 2.77 bits per heavy atom. The number of guanidine groups is 1. The molecule has 2 rings (SSSR count). The zero-order valence-corrected chi connectivity index (χ0v) is 16.6. The van der Waals surface area contributed by atoms with E-state index in [1.165, 1.54) is 0 Å². The molecule has 0 aliphatic carbocycles. The monoisotopic (exact) mass is 382 g/mol. The average Bonchev–Trinajstić information content (AvgIpc) is 2.67. The largest absolute Gasteiger partial charge is 0.385 e. The van der Waals surface area contributed by atoms with Crippen molar-refractivity contribution in [2.24, 2.45) is 4.99 Å². The fraction of sp³-hybridized carbons (Fsp3) is 0.632. The van der Waals surface area contributed by atoms with Crippen LogP contribution in [0.4, 0.5) is 0 Å². The summed E-state index contributed by atoms with van der Waals surface area (Å²) in [5.41, 5.74) is 1.12.